The van der Waals surface area contributed by atoms with Crippen LogP contribution in [0.5, 0.6) is 17.2 Å². The van der Waals surface area contributed by atoms with Gasteiger partial charge in [-0.25, -0.2) is 13.1 Å². The molecular weight excluding hydrogens is 380 g/mol. The second kappa shape index (κ2) is 7.95. The molecular formula is C20H22N2O5S. The molecule has 8 heteroatoms. The number of anilines is 1. The average molecular weight is 402 g/mol. The summed E-state index contributed by atoms with van der Waals surface area (Å²) in [6, 6.07) is 13.6. The minimum absolute atomic E-state index is 0.0184. The van der Waals surface area contributed by atoms with Crippen LogP contribution in [0.15, 0.2) is 53.4 Å². The van der Waals surface area contributed by atoms with Gasteiger partial charge in [-0.1, -0.05) is 24.3 Å². The largest absolute Gasteiger partial charge is 0.496 e. The summed E-state index contributed by atoms with van der Waals surface area (Å²) in [6.45, 7) is 0.0184. The van der Waals surface area contributed by atoms with E-state index in [0.717, 1.165) is 0 Å². The van der Waals surface area contributed by atoms with E-state index >= 15 is 0 Å². The van der Waals surface area contributed by atoms with Crippen molar-refractivity contribution in [1.29, 1.82) is 0 Å². The Hall–Kier alpha value is -2.97. The number of nitrogen functional groups attached to an aromatic ring is 1. The summed E-state index contributed by atoms with van der Waals surface area (Å²) in [4.78, 5) is 0.164. The molecule has 0 atom stereocenters. The number of nitrogens with two attached hydrogens (primary N) is 1. The quantitative estimate of drug-likeness (QED) is 0.590. The Morgan fingerprint density at radius 3 is 2.14 bits per heavy atom. The third-order valence-corrected chi connectivity index (χ3v) is 5.90. The van der Waals surface area contributed by atoms with E-state index < -0.39 is 10.0 Å². The number of benzene rings is 3. The topological polar surface area (TPSA) is 99.9 Å². The van der Waals surface area contributed by atoms with Crippen LogP contribution in [0.4, 0.5) is 5.69 Å². The van der Waals surface area contributed by atoms with Crippen LogP contribution >= 0.6 is 0 Å². The standard InChI is InChI=1S/C20H22N2O5S/c1-25-17-11-19(27-3)18(26-2)10-13(17)12-22-28(23,24)20-9-5-6-14-15(20)7-4-8-16(14)21/h4-11,22H,12,21H2,1-3H3. The molecule has 0 unspecified atom stereocenters. The zero-order valence-corrected chi connectivity index (χ0v) is 16.7. The van der Waals surface area contributed by atoms with Gasteiger partial charge in [0.15, 0.2) is 11.5 Å². The van der Waals surface area contributed by atoms with Gasteiger partial charge < -0.3 is 19.9 Å². The summed E-state index contributed by atoms with van der Waals surface area (Å²) in [5.41, 5.74) is 7.11. The maximum atomic E-state index is 13.0. The molecule has 0 fully saturated rings. The molecule has 0 saturated heterocycles. The first-order chi connectivity index (χ1) is 13.4. The van der Waals surface area contributed by atoms with Gasteiger partial charge in [-0.15, -0.1) is 0 Å². The van der Waals surface area contributed by atoms with Gasteiger partial charge in [0.2, 0.25) is 10.0 Å². The fourth-order valence-corrected chi connectivity index (χ4v) is 4.25. The average Bonchev–Trinajstić information content (AvgIpc) is 2.71. The molecule has 28 heavy (non-hydrogen) atoms. The number of nitrogens with one attached hydrogen (secondary N) is 1. The Morgan fingerprint density at radius 1 is 0.857 bits per heavy atom. The van der Waals surface area contributed by atoms with Crippen LogP contribution < -0.4 is 24.7 Å². The summed E-state index contributed by atoms with van der Waals surface area (Å²) in [5.74, 6) is 1.47. The number of hydrogen-bond donors (Lipinski definition) is 2. The highest BCUT2D eigenvalue weighted by atomic mass is 32.2. The molecule has 0 radical (unpaired) electrons. The molecule has 148 valence electrons. The van der Waals surface area contributed by atoms with E-state index in [1.165, 1.54) is 21.3 Å². The summed E-state index contributed by atoms with van der Waals surface area (Å²) >= 11 is 0. The molecule has 0 aliphatic heterocycles. The Bertz CT molecular complexity index is 1110. The minimum Gasteiger partial charge on any atom is -0.496 e. The number of sulfonamides is 1. The second-order valence-corrected chi connectivity index (χ2v) is 7.78. The fourth-order valence-electron chi connectivity index (χ4n) is 3.02. The van der Waals surface area contributed by atoms with Gasteiger partial charge >= 0.3 is 0 Å². The first kappa shape index (κ1) is 19.8. The molecule has 0 aliphatic rings. The van der Waals surface area contributed by atoms with E-state index in [-0.39, 0.29) is 11.4 Å². The highest BCUT2D eigenvalue weighted by Gasteiger charge is 2.19. The summed E-state index contributed by atoms with van der Waals surface area (Å²) in [5, 5.41) is 1.25. The first-order valence-corrected chi connectivity index (χ1v) is 9.95. The predicted molar refractivity (Wildman–Crippen MR) is 108 cm³/mol. The van der Waals surface area contributed by atoms with Crippen LogP contribution in [0.2, 0.25) is 0 Å². The van der Waals surface area contributed by atoms with E-state index in [1.54, 1.807) is 48.5 Å². The van der Waals surface area contributed by atoms with Crippen molar-refractivity contribution in [3.05, 3.63) is 54.1 Å². The third-order valence-electron chi connectivity index (χ3n) is 4.44. The molecule has 0 amide bonds. The van der Waals surface area contributed by atoms with Crippen LogP contribution in [-0.4, -0.2) is 29.7 Å². The van der Waals surface area contributed by atoms with Crippen molar-refractivity contribution in [1.82, 2.24) is 4.72 Å². The van der Waals surface area contributed by atoms with Gasteiger partial charge in [-0.05, 0) is 18.2 Å². The van der Waals surface area contributed by atoms with E-state index in [4.69, 9.17) is 19.9 Å². The van der Waals surface area contributed by atoms with Crippen molar-refractivity contribution in [2.75, 3.05) is 27.1 Å². The molecule has 7 nitrogen and oxygen atoms in total. The van der Waals surface area contributed by atoms with Crippen LogP contribution in [0, 0.1) is 0 Å². The number of hydrogen-bond acceptors (Lipinski definition) is 6. The zero-order chi connectivity index (χ0) is 20.3. The molecule has 0 aromatic heterocycles. The number of ether oxygens (including phenoxy) is 3. The zero-order valence-electron chi connectivity index (χ0n) is 15.9. The Morgan fingerprint density at radius 2 is 1.46 bits per heavy atom. The minimum atomic E-state index is -3.80. The van der Waals surface area contributed by atoms with Crippen molar-refractivity contribution in [3.8, 4) is 17.2 Å². The SMILES string of the molecule is COc1cc(OC)c(OC)cc1CNS(=O)(=O)c1cccc2c(N)cccc12. The van der Waals surface area contributed by atoms with Gasteiger partial charge in [-0.2, -0.15) is 0 Å². The molecule has 3 rings (SSSR count). The molecule has 0 saturated carbocycles. The van der Waals surface area contributed by atoms with E-state index in [2.05, 4.69) is 4.72 Å². The molecule has 0 heterocycles. The van der Waals surface area contributed by atoms with E-state index in [9.17, 15) is 8.42 Å². The maximum absolute atomic E-state index is 13.0. The summed E-state index contributed by atoms with van der Waals surface area (Å²) in [7, 11) is 0.744. The highest BCUT2D eigenvalue weighted by molar-refractivity contribution is 7.89. The molecule has 0 spiro atoms. The first-order valence-electron chi connectivity index (χ1n) is 8.47. The lowest BCUT2D eigenvalue weighted by Gasteiger charge is -2.15. The van der Waals surface area contributed by atoms with Crippen LogP contribution in [0.3, 0.4) is 0 Å². The Kier molecular flexibility index (Phi) is 5.62. The smallest absolute Gasteiger partial charge is 0.241 e. The highest BCUT2D eigenvalue weighted by Crippen LogP contribution is 2.35. The second-order valence-electron chi connectivity index (χ2n) is 6.04. The van der Waals surface area contributed by atoms with Crippen LogP contribution in [0.1, 0.15) is 5.56 Å². The summed E-state index contributed by atoms with van der Waals surface area (Å²) in [6.07, 6.45) is 0. The number of rotatable bonds is 7. The lowest BCUT2D eigenvalue weighted by atomic mass is 10.1. The van der Waals surface area contributed by atoms with E-state index in [1.807, 2.05) is 0 Å². The number of methoxy groups -OCH3 is 3. The van der Waals surface area contributed by atoms with Crippen LogP contribution in [0.25, 0.3) is 10.8 Å². The van der Waals surface area contributed by atoms with Gasteiger partial charge in [0, 0.05) is 34.6 Å². The van der Waals surface area contributed by atoms with Crippen molar-refractivity contribution in [2.45, 2.75) is 11.4 Å². The van der Waals surface area contributed by atoms with E-state index in [0.29, 0.717) is 39.3 Å². The lowest BCUT2D eigenvalue weighted by molar-refractivity contribution is 0.347. The Balaban J connectivity index is 1.96. The summed E-state index contributed by atoms with van der Waals surface area (Å²) < 4.78 is 44.4. The van der Waals surface area contributed by atoms with Crippen LogP contribution in [-0.2, 0) is 16.6 Å². The number of fused-ring (bicyclic) bond motifs is 1. The van der Waals surface area contributed by atoms with Gasteiger partial charge in [-0.3, -0.25) is 0 Å². The van der Waals surface area contributed by atoms with Gasteiger partial charge in [0.25, 0.3) is 0 Å². The monoisotopic (exact) mass is 402 g/mol. The van der Waals surface area contributed by atoms with Crippen molar-refractivity contribution in [2.24, 2.45) is 0 Å². The molecule has 3 N–H and O–H groups in total. The molecule has 3 aromatic rings. The van der Waals surface area contributed by atoms with Gasteiger partial charge in [0.05, 0.1) is 26.2 Å². The predicted octanol–water partition coefficient (Wildman–Crippen LogP) is 2.93. The fraction of sp³-hybridized carbons (Fsp3) is 0.200. The van der Waals surface area contributed by atoms with Crippen molar-refractivity contribution in [3.63, 3.8) is 0 Å². The normalized spacial score (nSPS) is 11.4. The maximum Gasteiger partial charge on any atom is 0.241 e. The molecule has 0 aliphatic carbocycles. The van der Waals surface area contributed by atoms with Crippen molar-refractivity contribution < 1.29 is 22.6 Å². The molecule has 0 bridgehead atoms. The van der Waals surface area contributed by atoms with Crippen molar-refractivity contribution >= 4 is 26.5 Å². The molecule has 3 aromatic carbocycles. The third kappa shape index (κ3) is 3.69. The lowest BCUT2D eigenvalue weighted by Crippen LogP contribution is -2.23. The van der Waals surface area contributed by atoms with Gasteiger partial charge in [0.1, 0.15) is 5.75 Å². The Labute approximate surface area is 164 Å².